The number of amides is 1. The number of carbonyl (C=O) groups is 1. The zero-order valence-electron chi connectivity index (χ0n) is 9.16. The average molecular weight is 209 g/mol. The second-order valence-corrected chi connectivity index (χ2v) is 3.07. The van der Waals surface area contributed by atoms with Crippen LogP contribution in [0.15, 0.2) is 12.1 Å². The number of ether oxygens (including phenoxy) is 2. The molecule has 4 nitrogen and oxygen atoms in total. The molecular weight excluding hydrogens is 194 g/mol. The van der Waals surface area contributed by atoms with Gasteiger partial charge in [0.1, 0.15) is 11.5 Å². The molecule has 0 aliphatic rings. The number of methoxy groups -OCH3 is 2. The smallest absolute Gasteiger partial charge is 0.249 e. The number of nitrogens with two attached hydrogens (primary N) is 1. The quantitative estimate of drug-likeness (QED) is 0.814. The molecule has 0 saturated heterocycles. The zero-order chi connectivity index (χ0) is 11.4. The summed E-state index contributed by atoms with van der Waals surface area (Å²) in [6, 6.07) is 3.37. The van der Waals surface area contributed by atoms with Crippen molar-refractivity contribution in [3.63, 3.8) is 0 Å². The Morgan fingerprint density at radius 3 is 2.40 bits per heavy atom. The molecule has 0 heterocycles. The fourth-order valence-electron chi connectivity index (χ4n) is 1.50. The molecular formula is C11H15NO3. The van der Waals surface area contributed by atoms with Crippen LogP contribution in [-0.2, 0) is 6.42 Å². The van der Waals surface area contributed by atoms with Crippen LogP contribution < -0.4 is 15.2 Å². The molecule has 1 aromatic carbocycles. The van der Waals surface area contributed by atoms with Crippen LogP contribution in [0.1, 0.15) is 22.8 Å². The van der Waals surface area contributed by atoms with Crippen molar-refractivity contribution in [1.82, 2.24) is 0 Å². The second-order valence-electron chi connectivity index (χ2n) is 3.07. The Labute approximate surface area is 89.0 Å². The molecule has 2 N–H and O–H groups in total. The number of primary amides is 1. The molecule has 0 aliphatic heterocycles. The molecule has 0 aliphatic carbocycles. The number of rotatable bonds is 4. The van der Waals surface area contributed by atoms with Crippen molar-refractivity contribution in [3.8, 4) is 11.5 Å². The Morgan fingerprint density at radius 1 is 1.33 bits per heavy atom. The first-order valence-corrected chi connectivity index (χ1v) is 4.68. The lowest BCUT2D eigenvalue weighted by atomic mass is 10.0. The Balaban J connectivity index is 3.39. The number of hydrogen-bond acceptors (Lipinski definition) is 3. The van der Waals surface area contributed by atoms with Crippen LogP contribution in [0, 0.1) is 0 Å². The third kappa shape index (κ3) is 2.21. The van der Waals surface area contributed by atoms with Crippen LogP contribution in [0.25, 0.3) is 0 Å². The SMILES string of the molecule is CCc1c(OC)cc(OC)cc1C(N)=O. The lowest BCUT2D eigenvalue weighted by Gasteiger charge is -2.12. The largest absolute Gasteiger partial charge is 0.497 e. The Morgan fingerprint density at radius 2 is 2.00 bits per heavy atom. The molecule has 4 heteroatoms. The number of hydrogen-bond donors (Lipinski definition) is 1. The molecule has 82 valence electrons. The van der Waals surface area contributed by atoms with Gasteiger partial charge in [-0.1, -0.05) is 6.92 Å². The molecule has 0 radical (unpaired) electrons. The second kappa shape index (κ2) is 4.68. The minimum Gasteiger partial charge on any atom is -0.497 e. The van der Waals surface area contributed by atoms with Crippen LogP contribution in [-0.4, -0.2) is 20.1 Å². The van der Waals surface area contributed by atoms with E-state index in [1.807, 2.05) is 6.92 Å². The molecule has 1 rings (SSSR count). The summed E-state index contributed by atoms with van der Waals surface area (Å²) >= 11 is 0. The summed E-state index contributed by atoms with van der Waals surface area (Å²) in [5.74, 6) is 0.729. The topological polar surface area (TPSA) is 61.6 Å². The fraction of sp³-hybridized carbons (Fsp3) is 0.364. The number of carbonyl (C=O) groups excluding carboxylic acids is 1. The van der Waals surface area contributed by atoms with Gasteiger partial charge >= 0.3 is 0 Å². The average Bonchev–Trinajstić information content (AvgIpc) is 2.26. The molecule has 0 spiro atoms. The molecule has 0 aromatic heterocycles. The fourth-order valence-corrected chi connectivity index (χ4v) is 1.50. The first-order chi connectivity index (χ1) is 7.13. The van der Waals surface area contributed by atoms with Crippen molar-refractivity contribution >= 4 is 5.91 Å². The molecule has 0 atom stereocenters. The van der Waals surface area contributed by atoms with E-state index in [0.717, 1.165) is 5.56 Å². The monoisotopic (exact) mass is 209 g/mol. The van der Waals surface area contributed by atoms with Gasteiger partial charge in [0.05, 0.1) is 14.2 Å². The van der Waals surface area contributed by atoms with E-state index in [-0.39, 0.29) is 0 Å². The van der Waals surface area contributed by atoms with Gasteiger partial charge < -0.3 is 15.2 Å². The maximum absolute atomic E-state index is 11.2. The predicted octanol–water partition coefficient (Wildman–Crippen LogP) is 1.37. The minimum absolute atomic E-state index is 0.453. The van der Waals surface area contributed by atoms with Gasteiger partial charge in [0.15, 0.2) is 0 Å². The number of benzene rings is 1. The van der Waals surface area contributed by atoms with E-state index < -0.39 is 5.91 Å². The maximum Gasteiger partial charge on any atom is 0.249 e. The van der Waals surface area contributed by atoms with E-state index in [1.165, 1.54) is 7.11 Å². The summed E-state index contributed by atoms with van der Waals surface area (Å²) in [4.78, 5) is 11.2. The molecule has 1 amide bonds. The summed E-state index contributed by atoms with van der Waals surface area (Å²) in [5, 5.41) is 0. The van der Waals surface area contributed by atoms with Gasteiger partial charge in [0, 0.05) is 17.2 Å². The highest BCUT2D eigenvalue weighted by Crippen LogP contribution is 2.28. The lowest BCUT2D eigenvalue weighted by Crippen LogP contribution is -2.14. The third-order valence-electron chi connectivity index (χ3n) is 2.26. The zero-order valence-corrected chi connectivity index (χ0v) is 9.16. The van der Waals surface area contributed by atoms with Crippen LogP contribution in [0.5, 0.6) is 11.5 Å². The summed E-state index contributed by atoms with van der Waals surface area (Å²) in [6.07, 6.45) is 0.686. The lowest BCUT2D eigenvalue weighted by molar-refractivity contribution is 0.0998. The van der Waals surface area contributed by atoms with Gasteiger partial charge in [-0.15, -0.1) is 0 Å². The summed E-state index contributed by atoms with van der Waals surface area (Å²) in [7, 11) is 3.09. The van der Waals surface area contributed by atoms with Gasteiger partial charge in [0.2, 0.25) is 5.91 Å². The Bertz CT molecular complexity index is 374. The molecule has 0 fully saturated rings. The molecule has 15 heavy (non-hydrogen) atoms. The van der Waals surface area contributed by atoms with Crippen LogP contribution in [0.3, 0.4) is 0 Å². The van der Waals surface area contributed by atoms with Gasteiger partial charge in [-0.2, -0.15) is 0 Å². The highest BCUT2D eigenvalue weighted by atomic mass is 16.5. The van der Waals surface area contributed by atoms with Crippen molar-refractivity contribution in [2.45, 2.75) is 13.3 Å². The summed E-state index contributed by atoms with van der Waals surface area (Å²) in [5.41, 5.74) is 6.55. The van der Waals surface area contributed by atoms with E-state index >= 15 is 0 Å². The van der Waals surface area contributed by atoms with E-state index in [2.05, 4.69) is 0 Å². The van der Waals surface area contributed by atoms with Gasteiger partial charge in [-0.05, 0) is 12.5 Å². The normalized spacial score (nSPS) is 9.80. The first kappa shape index (κ1) is 11.4. The van der Waals surface area contributed by atoms with E-state index in [9.17, 15) is 4.79 Å². The van der Waals surface area contributed by atoms with Crippen molar-refractivity contribution in [2.75, 3.05) is 14.2 Å². The van der Waals surface area contributed by atoms with Crippen molar-refractivity contribution in [1.29, 1.82) is 0 Å². The first-order valence-electron chi connectivity index (χ1n) is 4.68. The van der Waals surface area contributed by atoms with E-state index in [1.54, 1.807) is 19.2 Å². The Kier molecular flexibility index (Phi) is 3.55. The van der Waals surface area contributed by atoms with Gasteiger partial charge in [-0.25, -0.2) is 0 Å². The van der Waals surface area contributed by atoms with Crippen molar-refractivity contribution in [3.05, 3.63) is 23.3 Å². The van der Waals surface area contributed by atoms with Crippen molar-refractivity contribution < 1.29 is 14.3 Å². The third-order valence-corrected chi connectivity index (χ3v) is 2.26. The highest BCUT2D eigenvalue weighted by molar-refractivity contribution is 5.95. The van der Waals surface area contributed by atoms with Crippen LogP contribution in [0.2, 0.25) is 0 Å². The van der Waals surface area contributed by atoms with Crippen LogP contribution in [0.4, 0.5) is 0 Å². The molecule has 1 aromatic rings. The maximum atomic E-state index is 11.2. The molecule has 0 bridgehead atoms. The highest BCUT2D eigenvalue weighted by Gasteiger charge is 2.14. The summed E-state index contributed by atoms with van der Waals surface area (Å²) in [6.45, 7) is 1.94. The minimum atomic E-state index is -0.468. The summed E-state index contributed by atoms with van der Waals surface area (Å²) < 4.78 is 10.2. The molecule has 0 saturated carbocycles. The predicted molar refractivity (Wildman–Crippen MR) is 57.4 cm³/mol. The van der Waals surface area contributed by atoms with E-state index in [0.29, 0.717) is 23.5 Å². The van der Waals surface area contributed by atoms with Gasteiger partial charge in [0.25, 0.3) is 0 Å². The van der Waals surface area contributed by atoms with Crippen LogP contribution >= 0.6 is 0 Å². The standard InChI is InChI=1S/C11H15NO3/c1-4-8-9(11(12)13)5-7(14-2)6-10(8)15-3/h5-6H,4H2,1-3H3,(H2,12,13). The molecule has 0 unspecified atom stereocenters. The van der Waals surface area contributed by atoms with E-state index in [4.69, 9.17) is 15.2 Å². The van der Waals surface area contributed by atoms with Crippen molar-refractivity contribution in [2.24, 2.45) is 5.73 Å². The Hall–Kier alpha value is -1.71. The van der Waals surface area contributed by atoms with Gasteiger partial charge in [-0.3, -0.25) is 4.79 Å².